The first-order valence-corrected chi connectivity index (χ1v) is 4.02. The second-order valence-electron chi connectivity index (χ2n) is 3.18. The molecular weight excluding hydrogens is 144 g/mol. The number of ether oxygens (including phenoxy) is 1. The molecule has 0 unspecified atom stereocenters. The largest absolute Gasteiger partial charge is 0.481 e. The number of hydrogen-bond donors (Lipinski definition) is 1. The molecule has 3 nitrogen and oxygen atoms in total. The molecule has 0 bridgehead atoms. The van der Waals surface area contributed by atoms with Crippen LogP contribution in [-0.2, 0) is 9.53 Å². The van der Waals surface area contributed by atoms with Crippen LogP contribution in [-0.4, -0.2) is 24.3 Å². The zero-order valence-corrected chi connectivity index (χ0v) is 6.80. The topological polar surface area (TPSA) is 46.5 Å². The molecule has 0 atom stereocenters. The summed E-state index contributed by atoms with van der Waals surface area (Å²) in [7, 11) is 0. The van der Waals surface area contributed by atoms with Crippen LogP contribution in [0, 0.1) is 5.41 Å². The SMILES string of the molecule is CCCCC1(C(=O)O)COC1. The predicted molar refractivity (Wildman–Crippen MR) is 40.4 cm³/mol. The molecule has 1 aliphatic heterocycles. The van der Waals surface area contributed by atoms with Crippen molar-refractivity contribution in [3.05, 3.63) is 0 Å². The highest BCUT2D eigenvalue weighted by Gasteiger charge is 2.45. The molecule has 0 amide bonds. The normalized spacial score (nSPS) is 20.8. The lowest BCUT2D eigenvalue weighted by Crippen LogP contribution is -2.48. The molecule has 1 fully saturated rings. The number of aliphatic carboxylic acids is 1. The van der Waals surface area contributed by atoms with E-state index >= 15 is 0 Å². The van der Waals surface area contributed by atoms with Crippen LogP contribution in [0.4, 0.5) is 0 Å². The molecule has 0 aromatic rings. The third-order valence-electron chi connectivity index (χ3n) is 2.22. The number of carboxylic acids is 1. The Labute approximate surface area is 66.4 Å². The highest BCUT2D eigenvalue weighted by Crippen LogP contribution is 2.33. The van der Waals surface area contributed by atoms with Gasteiger partial charge in [-0.05, 0) is 6.42 Å². The number of unbranched alkanes of at least 4 members (excludes halogenated alkanes) is 1. The minimum absolute atomic E-state index is 0.405. The Hall–Kier alpha value is -0.570. The Bertz CT molecular complexity index is 149. The van der Waals surface area contributed by atoms with Crippen molar-refractivity contribution < 1.29 is 14.6 Å². The summed E-state index contributed by atoms with van der Waals surface area (Å²) in [4.78, 5) is 10.7. The third kappa shape index (κ3) is 1.53. The molecule has 0 aliphatic carbocycles. The van der Waals surface area contributed by atoms with E-state index in [1.165, 1.54) is 0 Å². The smallest absolute Gasteiger partial charge is 0.314 e. The summed E-state index contributed by atoms with van der Waals surface area (Å²) in [5.74, 6) is -0.697. The molecule has 0 radical (unpaired) electrons. The van der Waals surface area contributed by atoms with Gasteiger partial charge in [-0.25, -0.2) is 0 Å². The van der Waals surface area contributed by atoms with Gasteiger partial charge in [-0.2, -0.15) is 0 Å². The van der Waals surface area contributed by atoms with Gasteiger partial charge in [-0.15, -0.1) is 0 Å². The van der Waals surface area contributed by atoms with E-state index in [1.807, 2.05) is 0 Å². The quantitative estimate of drug-likeness (QED) is 0.670. The van der Waals surface area contributed by atoms with Gasteiger partial charge < -0.3 is 9.84 Å². The summed E-state index contributed by atoms with van der Waals surface area (Å²) >= 11 is 0. The standard InChI is InChI=1S/C8H14O3/c1-2-3-4-8(7(9)10)5-11-6-8/h2-6H2,1H3,(H,9,10). The molecule has 0 saturated carbocycles. The lowest BCUT2D eigenvalue weighted by Gasteiger charge is -2.37. The van der Waals surface area contributed by atoms with E-state index in [2.05, 4.69) is 6.92 Å². The van der Waals surface area contributed by atoms with Crippen LogP contribution in [0.25, 0.3) is 0 Å². The average Bonchev–Trinajstić information content (AvgIpc) is 1.85. The fourth-order valence-electron chi connectivity index (χ4n) is 1.24. The van der Waals surface area contributed by atoms with Gasteiger partial charge in [0.15, 0.2) is 0 Å². The van der Waals surface area contributed by atoms with Crippen molar-refractivity contribution in [1.29, 1.82) is 0 Å². The lowest BCUT2D eigenvalue weighted by molar-refractivity contribution is -0.181. The van der Waals surface area contributed by atoms with E-state index in [1.54, 1.807) is 0 Å². The van der Waals surface area contributed by atoms with E-state index < -0.39 is 11.4 Å². The molecule has 1 heterocycles. The first kappa shape index (κ1) is 8.53. The summed E-state index contributed by atoms with van der Waals surface area (Å²) < 4.78 is 4.92. The van der Waals surface area contributed by atoms with Gasteiger partial charge in [0.25, 0.3) is 0 Å². The highest BCUT2D eigenvalue weighted by atomic mass is 16.5. The molecular formula is C8H14O3. The second-order valence-corrected chi connectivity index (χ2v) is 3.18. The van der Waals surface area contributed by atoms with Gasteiger partial charge >= 0.3 is 5.97 Å². The molecule has 3 heteroatoms. The van der Waals surface area contributed by atoms with Crippen molar-refractivity contribution in [2.24, 2.45) is 5.41 Å². The van der Waals surface area contributed by atoms with E-state index in [4.69, 9.17) is 9.84 Å². The van der Waals surface area contributed by atoms with Crippen molar-refractivity contribution >= 4 is 5.97 Å². The average molecular weight is 158 g/mol. The van der Waals surface area contributed by atoms with Crippen LogP contribution in [0.5, 0.6) is 0 Å². The van der Waals surface area contributed by atoms with Gasteiger partial charge in [0.2, 0.25) is 0 Å². The molecule has 1 rings (SSSR count). The third-order valence-corrected chi connectivity index (χ3v) is 2.22. The Kier molecular flexibility index (Phi) is 2.49. The van der Waals surface area contributed by atoms with Crippen molar-refractivity contribution in [2.45, 2.75) is 26.2 Å². The Morgan fingerprint density at radius 3 is 2.55 bits per heavy atom. The minimum Gasteiger partial charge on any atom is -0.481 e. The Balaban J connectivity index is 2.40. The van der Waals surface area contributed by atoms with Crippen LogP contribution in [0.3, 0.4) is 0 Å². The zero-order valence-electron chi connectivity index (χ0n) is 6.80. The maximum Gasteiger partial charge on any atom is 0.314 e. The molecule has 0 spiro atoms. The fourth-order valence-corrected chi connectivity index (χ4v) is 1.24. The molecule has 11 heavy (non-hydrogen) atoms. The van der Waals surface area contributed by atoms with E-state index in [9.17, 15) is 4.79 Å². The maximum absolute atomic E-state index is 10.7. The summed E-state index contributed by atoms with van der Waals surface area (Å²) in [6.07, 6.45) is 2.80. The lowest BCUT2D eigenvalue weighted by atomic mass is 9.81. The van der Waals surface area contributed by atoms with E-state index in [0.717, 1.165) is 19.3 Å². The number of carboxylic acid groups (broad SMARTS) is 1. The Morgan fingerprint density at radius 1 is 1.64 bits per heavy atom. The van der Waals surface area contributed by atoms with Crippen molar-refractivity contribution in [3.8, 4) is 0 Å². The molecule has 1 saturated heterocycles. The van der Waals surface area contributed by atoms with Crippen molar-refractivity contribution in [3.63, 3.8) is 0 Å². The summed E-state index contributed by atoms with van der Waals surface area (Å²) in [5.41, 5.74) is -0.532. The highest BCUT2D eigenvalue weighted by molar-refractivity contribution is 5.75. The Morgan fingerprint density at radius 2 is 2.27 bits per heavy atom. The van der Waals surface area contributed by atoms with Crippen molar-refractivity contribution in [1.82, 2.24) is 0 Å². The van der Waals surface area contributed by atoms with Crippen LogP contribution >= 0.6 is 0 Å². The van der Waals surface area contributed by atoms with E-state index in [-0.39, 0.29) is 0 Å². The van der Waals surface area contributed by atoms with Gasteiger partial charge in [0, 0.05) is 0 Å². The van der Waals surface area contributed by atoms with Crippen LogP contribution in [0.2, 0.25) is 0 Å². The van der Waals surface area contributed by atoms with Crippen LogP contribution in [0.15, 0.2) is 0 Å². The van der Waals surface area contributed by atoms with Crippen LogP contribution in [0.1, 0.15) is 26.2 Å². The molecule has 0 aromatic carbocycles. The van der Waals surface area contributed by atoms with Gasteiger partial charge in [-0.1, -0.05) is 19.8 Å². The summed E-state index contributed by atoms with van der Waals surface area (Å²) in [5, 5.41) is 8.83. The van der Waals surface area contributed by atoms with Gasteiger partial charge in [0.05, 0.1) is 13.2 Å². The molecule has 1 aliphatic rings. The van der Waals surface area contributed by atoms with Gasteiger partial charge in [0.1, 0.15) is 5.41 Å². The number of carbonyl (C=O) groups is 1. The van der Waals surface area contributed by atoms with Crippen molar-refractivity contribution in [2.75, 3.05) is 13.2 Å². The zero-order chi connectivity index (χ0) is 8.32. The molecule has 64 valence electrons. The first-order chi connectivity index (χ1) is 5.21. The monoisotopic (exact) mass is 158 g/mol. The summed E-state index contributed by atoms with van der Waals surface area (Å²) in [6.45, 7) is 2.87. The van der Waals surface area contributed by atoms with Gasteiger partial charge in [-0.3, -0.25) is 4.79 Å². The van der Waals surface area contributed by atoms with Crippen LogP contribution < -0.4 is 0 Å². The second kappa shape index (κ2) is 3.22. The molecule has 1 N–H and O–H groups in total. The minimum atomic E-state index is -0.697. The molecule has 0 aromatic heterocycles. The fraction of sp³-hybridized carbons (Fsp3) is 0.875. The predicted octanol–water partition coefficient (Wildman–Crippen LogP) is 1.28. The summed E-state index contributed by atoms with van der Waals surface area (Å²) in [6, 6.07) is 0. The number of hydrogen-bond acceptors (Lipinski definition) is 2. The van der Waals surface area contributed by atoms with E-state index in [0.29, 0.717) is 13.2 Å². The number of rotatable bonds is 4. The maximum atomic E-state index is 10.7. The first-order valence-electron chi connectivity index (χ1n) is 4.02.